The summed E-state index contributed by atoms with van der Waals surface area (Å²) in [5.41, 5.74) is 0. The van der Waals surface area contributed by atoms with Gasteiger partial charge in [-0.1, -0.05) is 0 Å². The molecule has 1 aliphatic carbocycles. The summed E-state index contributed by atoms with van der Waals surface area (Å²) in [5, 5.41) is 20.7. The Morgan fingerprint density at radius 2 is 1.67 bits per heavy atom. The van der Waals surface area contributed by atoms with Crippen molar-refractivity contribution in [2.24, 2.45) is 17.8 Å². The first-order valence-electron chi connectivity index (χ1n) is 3.78. The fourth-order valence-electron chi connectivity index (χ4n) is 2.03. The lowest BCUT2D eigenvalue weighted by atomic mass is 10.3. The molecular weight excluding hydrogens is 162 g/mol. The Balaban J connectivity index is 1.94. The van der Waals surface area contributed by atoms with Crippen molar-refractivity contribution in [3.8, 4) is 0 Å². The van der Waals surface area contributed by atoms with Crippen LogP contribution in [0, 0.1) is 17.8 Å². The van der Waals surface area contributed by atoms with E-state index in [-0.39, 0.29) is 11.8 Å². The van der Waals surface area contributed by atoms with Crippen LogP contribution in [-0.2, 0) is 4.79 Å². The van der Waals surface area contributed by atoms with Crippen molar-refractivity contribution in [3.05, 3.63) is 0 Å². The van der Waals surface area contributed by atoms with Crippen LogP contribution in [0.5, 0.6) is 0 Å². The summed E-state index contributed by atoms with van der Waals surface area (Å²) in [6.07, 6.45) is -1.21. The zero-order valence-corrected chi connectivity index (χ0v) is 6.23. The Kier molecular flexibility index (Phi) is 1.31. The number of amides is 1. The predicted molar refractivity (Wildman–Crippen MR) is 32.4 cm³/mol. The molecule has 2 atom stereocenters. The first kappa shape index (κ1) is 7.39. The van der Waals surface area contributed by atoms with E-state index < -0.39 is 18.0 Å². The number of likely N-dealkylation sites (tertiary alicyclic amines) is 1. The molecule has 1 aliphatic heterocycles. The van der Waals surface area contributed by atoms with Gasteiger partial charge in [0.1, 0.15) is 6.09 Å². The minimum absolute atomic E-state index is 0.0205. The summed E-state index contributed by atoms with van der Waals surface area (Å²) in [7, 11) is 0. The van der Waals surface area contributed by atoms with Gasteiger partial charge in [-0.3, -0.25) is 0 Å². The number of carbonyl (C=O) groups excluding carboxylic acids is 2. The van der Waals surface area contributed by atoms with Gasteiger partial charge in [-0.15, -0.1) is 0 Å². The fourth-order valence-corrected chi connectivity index (χ4v) is 2.03. The van der Waals surface area contributed by atoms with Crippen LogP contribution < -0.4 is 10.2 Å². The first-order valence-corrected chi connectivity index (χ1v) is 3.78. The van der Waals surface area contributed by atoms with Crippen molar-refractivity contribution >= 4 is 12.1 Å². The molecule has 1 saturated carbocycles. The highest BCUT2D eigenvalue weighted by molar-refractivity contribution is 5.74. The molecule has 12 heavy (non-hydrogen) atoms. The van der Waals surface area contributed by atoms with Crippen molar-refractivity contribution in [1.82, 2.24) is 4.90 Å². The summed E-state index contributed by atoms with van der Waals surface area (Å²) in [6, 6.07) is 0. The van der Waals surface area contributed by atoms with Crippen LogP contribution in [0.2, 0.25) is 0 Å². The average molecular weight is 169 g/mol. The van der Waals surface area contributed by atoms with E-state index in [0.717, 1.165) is 4.90 Å². The van der Waals surface area contributed by atoms with Crippen LogP contribution in [0.1, 0.15) is 0 Å². The SMILES string of the molecule is O=C([O-])C1C2CN(C(=O)[O-])CC21. The molecule has 1 amide bonds. The lowest BCUT2D eigenvalue weighted by Gasteiger charge is -2.22. The molecule has 0 bridgehead atoms. The molecule has 66 valence electrons. The Hall–Kier alpha value is -1.26. The number of nitrogens with zero attached hydrogens (tertiary/aromatic N) is 1. The van der Waals surface area contributed by atoms with Crippen molar-refractivity contribution in [1.29, 1.82) is 0 Å². The van der Waals surface area contributed by atoms with E-state index in [1.165, 1.54) is 0 Å². The molecule has 2 rings (SSSR count). The lowest BCUT2D eigenvalue weighted by Crippen LogP contribution is -2.42. The fraction of sp³-hybridized carbons (Fsp3) is 0.714. The summed E-state index contributed by atoms with van der Waals surface area (Å²) in [5.74, 6) is -1.51. The number of carboxylic acids is 1. The van der Waals surface area contributed by atoms with Gasteiger partial charge in [-0.2, -0.15) is 0 Å². The van der Waals surface area contributed by atoms with Crippen molar-refractivity contribution in [2.75, 3.05) is 13.1 Å². The van der Waals surface area contributed by atoms with E-state index in [2.05, 4.69) is 0 Å². The van der Waals surface area contributed by atoms with Crippen molar-refractivity contribution < 1.29 is 19.8 Å². The van der Waals surface area contributed by atoms with E-state index in [1.54, 1.807) is 0 Å². The molecule has 5 heteroatoms. The number of hydrogen-bond acceptors (Lipinski definition) is 4. The smallest absolute Gasteiger partial charge is 0.136 e. The van der Waals surface area contributed by atoms with E-state index in [1.807, 2.05) is 0 Å². The Morgan fingerprint density at radius 1 is 1.17 bits per heavy atom. The molecule has 0 aromatic rings. The van der Waals surface area contributed by atoms with E-state index in [9.17, 15) is 19.8 Å². The molecule has 2 unspecified atom stereocenters. The molecule has 0 aromatic carbocycles. The van der Waals surface area contributed by atoms with Crippen LogP contribution in [0.4, 0.5) is 4.79 Å². The monoisotopic (exact) mass is 169 g/mol. The molecule has 1 heterocycles. The third-order valence-corrected chi connectivity index (χ3v) is 2.72. The lowest BCUT2D eigenvalue weighted by molar-refractivity contribution is -0.309. The molecule has 2 aliphatic rings. The maximum atomic E-state index is 10.4. The van der Waals surface area contributed by atoms with Gasteiger partial charge in [0, 0.05) is 25.0 Å². The molecule has 0 spiro atoms. The minimum Gasteiger partial charge on any atom is -0.550 e. The molecule has 0 aromatic heterocycles. The second-order valence-corrected chi connectivity index (χ2v) is 3.34. The van der Waals surface area contributed by atoms with Gasteiger partial charge >= 0.3 is 0 Å². The predicted octanol–water partition coefficient (Wildman–Crippen LogP) is -2.74. The van der Waals surface area contributed by atoms with Crippen molar-refractivity contribution in [3.63, 3.8) is 0 Å². The highest BCUT2D eigenvalue weighted by Gasteiger charge is 2.56. The van der Waals surface area contributed by atoms with Crippen molar-refractivity contribution in [2.45, 2.75) is 0 Å². The van der Waals surface area contributed by atoms with Crippen LogP contribution >= 0.6 is 0 Å². The van der Waals surface area contributed by atoms with Gasteiger partial charge in [0.2, 0.25) is 0 Å². The maximum Gasteiger partial charge on any atom is 0.136 e. The van der Waals surface area contributed by atoms with Crippen LogP contribution in [0.3, 0.4) is 0 Å². The highest BCUT2D eigenvalue weighted by Crippen LogP contribution is 2.51. The zero-order valence-electron chi connectivity index (χ0n) is 6.23. The normalized spacial score (nSPS) is 37.7. The Bertz CT molecular complexity index is 228. The van der Waals surface area contributed by atoms with E-state index in [4.69, 9.17) is 0 Å². The van der Waals surface area contributed by atoms with Crippen LogP contribution in [-0.4, -0.2) is 30.1 Å². The van der Waals surface area contributed by atoms with Gasteiger partial charge in [0.25, 0.3) is 0 Å². The average Bonchev–Trinajstić information content (AvgIpc) is 2.48. The van der Waals surface area contributed by atoms with E-state index >= 15 is 0 Å². The second kappa shape index (κ2) is 2.12. The second-order valence-electron chi connectivity index (χ2n) is 3.34. The zero-order chi connectivity index (χ0) is 8.88. The van der Waals surface area contributed by atoms with Gasteiger partial charge < -0.3 is 24.7 Å². The summed E-state index contributed by atoms with van der Waals surface area (Å²) in [4.78, 5) is 21.8. The van der Waals surface area contributed by atoms with Crippen LogP contribution in [0.15, 0.2) is 0 Å². The Labute approximate surface area is 68.6 Å². The third-order valence-electron chi connectivity index (χ3n) is 2.72. The number of fused-ring (bicyclic) bond motifs is 1. The topological polar surface area (TPSA) is 83.5 Å². The summed E-state index contributed by atoms with van der Waals surface area (Å²) >= 11 is 0. The number of rotatable bonds is 1. The summed E-state index contributed by atoms with van der Waals surface area (Å²) < 4.78 is 0. The quantitative estimate of drug-likeness (QED) is 0.426. The number of hydrogen-bond donors (Lipinski definition) is 0. The first-order chi connectivity index (χ1) is 5.61. The van der Waals surface area contributed by atoms with Crippen LogP contribution in [0.25, 0.3) is 0 Å². The highest BCUT2D eigenvalue weighted by atomic mass is 16.4. The molecule has 0 N–H and O–H groups in total. The minimum atomic E-state index is -1.21. The van der Waals surface area contributed by atoms with Gasteiger partial charge in [0.15, 0.2) is 0 Å². The summed E-state index contributed by atoms with van der Waals surface area (Å²) in [6.45, 7) is 0.595. The number of aliphatic carboxylic acids is 1. The number of piperidine rings is 1. The number of carboxylic acid groups (broad SMARTS) is 2. The van der Waals surface area contributed by atoms with Gasteiger partial charge in [-0.05, 0) is 11.8 Å². The molecule has 1 saturated heterocycles. The Morgan fingerprint density at radius 3 is 2.00 bits per heavy atom. The van der Waals surface area contributed by atoms with Gasteiger partial charge in [0.05, 0.1) is 0 Å². The largest absolute Gasteiger partial charge is 0.550 e. The molecule has 5 nitrogen and oxygen atoms in total. The standard InChI is InChI=1S/C7H9NO4/c9-6(10)5-3-1-8(7(11)12)2-4(3)5/h3-5H,1-2H2,(H,9,10)(H,11,12)/p-2. The molecule has 0 radical (unpaired) electrons. The molecule has 2 fully saturated rings. The third kappa shape index (κ3) is 0.855. The molecular formula is C7H7NO4-2. The van der Waals surface area contributed by atoms with E-state index in [0.29, 0.717) is 13.1 Å². The number of carbonyl (C=O) groups is 2. The van der Waals surface area contributed by atoms with Gasteiger partial charge in [-0.25, -0.2) is 0 Å². The maximum absolute atomic E-state index is 10.4.